The smallest absolute Gasteiger partial charge is 0.343 e. The molecule has 0 saturated carbocycles. The number of carbonyl (C=O) groups is 2. The summed E-state index contributed by atoms with van der Waals surface area (Å²) < 4.78 is 34.5. The molecule has 3 aromatic carbocycles. The molecule has 0 aliphatic carbocycles. The van der Waals surface area contributed by atoms with Crippen molar-refractivity contribution in [3.8, 4) is 11.5 Å². The summed E-state index contributed by atoms with van der Waals surface area (Å²) in [4.78, 5) is 23.0. The van der Waals surface area contributed by atoms with Crippen LogP contribution in [0, 0.1) is 5.82 Å². The van der Waals surface area contributed by atoms with Crippen LogP contribution in [0.4, 0.5) is 4.39 Å². The van der Waals surface area contributed by atoms with Gasteiger partial charge in [0.15, 0.2) is 13.2 Å². The summed E-state index contributed by atoms with van der Waals surface area (Å²) >= 11 is 0. The number of ether oxygens (including phenoxy) is 4. The Morgan fingerprint density at radius 1 is 0.778 bits per heavy atom. The van der Waals surface area contributed by atoms with Gasteiger partial charge in [-0.15, -0.1) is 0 Å². The summed E-state index contributed by atoms with van der Waals surface area (Å²) in [7, 11) is 2.52. The van der Waals surface area contributed by atoms with Gasteiger partial charge in [-0.2, -0.15) is 0 Å². The van der Waals surface area contributed by atoms with E-state index in [4.69, 9.17) is 9.47 Å². The van der Waals surface area contributed by atoms with Crippen LogP contribution in [-0.4, -0.2) is 39.4 Å². The Bertz CT molecular complexity index is 1010. The van der Waals surface area contributed by atoms with Crippen molar-refractivity contribution in [3.05, 3.63) is 48.3 Å². The van der Waals surface area contributed by atoms with Crippen LogP contribution < -0.4 is 9.47 Å². The minimum atomic E-state index is -0.561. The van der Waals surface area contributed by atoms with Gasteiger partial charge < -0.3 is 18.9 Å². The molecule has 140 valence electrons. The van der Waals surface area contributed by atoms with Gasteiger partial charge in [-0.1, -0.05) is 24.3 Å². The SMILES string of the molecule is COC(=O)COc1c2ccccc2c(OCC(=O)OC)c2cc(F)ccc12. The highest BCUT2D eigenvalue weighted by molar-refractivity contribution is 6.11. The molecular formula is C20H17FO6. The maximum Gasteiger partial charge on any atom is 0.343 e. The Morgan fingerprint density at radius 3 is 1.78 bits per heavy atom. The molecule has 0 N–H and O–H groups in total. The van der Waals surface area contributed by atoms with E-state index in [1.807, 2.05) is 0 Å². The Labute approximate surface area is 154 Å². The Morgan fingerprint density at radius 2 is 1.26 bits per heavy atom. The average Bonchev–Trinajstić information content (AvgIpc) is 2.69. The third kappa shape index (κ3) is 3.76. The van der Waals surface area contributed by atoms with Gasteiger partial charge in [0.05, 0.1) is 14.2 Å². The first kappa shape index (κ1) is 18.4. The van der Waals surface area contributed by atoms with Crippen molar-refractivity contribution < 1.29 is 32.9 Å². The Kier molecular flexibility index (Phi) is 5.40. The molecule has 0 aliphatic heterocycles. The van der Waals surface area contributed by atoms with E-state index in [9.17, 15) is 14.0 Å². The minimum Gasteiger partial charge on any atom is -0.481 e. The fraction of sp³-hybridized carbons (Fsp3) is 0.200. The standard InChI is InChI=1S/C20H17FO6/c1-24-17(22)10-26-19-13-5-3-4-6-14(13)20(27-11-18(23)25-2)16-9-12(21)7-8-15(16)19/h3-9H,10-11H2,1-2H3. The van der Waals surface area contributed by atoms with Gasteiger partial charge in [0.1, 0.15) is 17.3 Å². The summed E-state index contributed by atoms with van der Waals surface area (Å²) in [5.41, 5.74) is 0. The van der Waals surface area contributed by atoms with Crippen LogP contribution >= 0.6 is 0 Å². The number of rotatable bonds is 6. The highest BCUT2D eigenvalue weighted by Crippen LogP contribution is 2.43. The van der Waals surface area contributed by atoms with E-state index in [2.05, 4.69) is 9.47 Å². The maximum atomic E-state index is 13.9. The van der Waals surface area contributed by atoms with Gasteiger partial charge in [-0.05, 0) is 18.2 Å². The number of methoxy groups -OCH3 is 2. The first-order chi connectivity index (χ1) is 13.0. The van der Waals surface area contributed by atoms with E-state index in [-0.39, 0.29) is 13.2 Å². The normalized spacial score (nSPS) is 10.6. The molecule has 0 aromatic heterocycles. The van der Waals surface area contributed by atoms with Crippen molar-refractivity contribution >= 4 is 33.5 Å². The van der Waals surface area contributed by atoms with Crippen molar-refractivity contribution in [2.24, 2.45) is 0 Å². The van der Waals surface area contributed by atoms with Gasteiger partial charge in [-0.25, -0.2) is 14.0 Å². The number of carbonyl (C=O) groups excluding carboxylic acids is 2. The largest absolute Gasteiger partial charge is 0.481 e. The van der Waals surface area contributed by atoms with Crippen LogP contribution in [-0.2, 0) is 19.1 Å². The minimum absolute atomic E-state index is 0.296. The van der Waals surface area contributed by atoms with E-state index in [1.54, 1.807) is 24.3 Å². The summed E-state index contributed by atoms with van der Waals surface area (Å²) in [6, 6.07) is 11.2. The molecule has 0 fully saturated rings. The van der Waals surface area contributed by atoms with Crippen molar-refractivity contribution in [3.63, 3.8) is 0 Å². The zero-order valence-corrected chi connectivity index (χ0v) is 14.8. The monoisotopic (exact) mass is 372 g/mol. The molecule has 0 aliphatic rings. The zero-order valence-electron chi connectivity index (χ0n) is 14.8. The lowest BCUT2D eigenvalue weighted by Gasteiger charge is -2.17. The fourth-order valence-electron chi connectivity index (χ4n) is 2.76. The topological polar surface area (TPSA) is 71.1 Å². The van der Waals surface area contributed by atoms with E-state index >= 15 is 0 Å². The molecule has 7 heteroatoms. The summed E-state index contributed by atoms with van der Waals surface area (Å²) in [5.74, 6) is -0.845. The van der Waals surface area contributed by atoms with Crippen LogP contribution in [0.3, 0.4) is 0 Å². The predicted octanol–water partition coefficient (Wildman–Crippen LogP) is 3.24. The number of halogens is 1. The zero-order chi connectivity index (χ0) is 19.4. The molecule has 0 spiro atoms. The molecule has 0 bridgehead atoms. The van der Waals surface area contributed by atoms with Crippen LogP contribution in [0.25, 0.3) is 21.5 Å². The lowest BCUT2D eigenvalue weighted by atomic mass is 10.0. The lowest BCUT2D eigenvalue weighted by molar-refractivity contribution is -0.143. The van der Waals surface area contributed by atoms with E-state index in [0.717, 1.165) is 0 Å². The third-order valence-electron chi connectivity index (χ3n) is 4.01. The number of fused-ring (bicyclic) bond motifs is 2. The second-order valence-electron chi connectivity index (χ2n) is 5.62. The molecule has 0 atom stereocenters. The van der Waals surface area contributed by atoms with Crippen LogP contribution in [0.1, 0.15) is 0 Å². The highest BCUT2D eigenvalue weighted by atomic mass is 19.1. The van der Waals surface area contributed by atoms with Gasteiger partial charge >= 0.3 is 11.9 Å². The first-order valence-corrected chi connectivity index (χ1v) is 8.08. The third-order valence-corrected chi connectivity index (χ3v) is 4.01. The first-order valence-electron chi connectivity index (χ1n) is 8.08. The number of benzene rings is 3. The van der Waals surface area contributed by atoms with Crippen LogP contribution in [0.5, 0.6) is 11.5 Å². The maximum absolute atomic E-state index is 13.9. The molecule has 27 heavy (non-hydrogen) atoms. The average molecular weight is 372 g/mol. The molecule has 6 nitrogen and oxygen atoms in total. The highest BCUT2D eigenvalue weighted by Gasteiger charge is 2.18. The quantitative estimate of drug-likeness (QED) is 0.489. The van der Waals surface area contributed by atoms with Gasteiger partial charge in [-0.3, -0.25) is 0 Å². The lowest BCUT2D eigenvalue weighted by Crippen LogP contribution is -2.14. The number of esters is 2. The van der Waals surface area contributed by atoms with Crippen molar-refractivity contribution in [2.75, 3.05) is 27.4 Å². The predicted molar refractivity (Wildman–Crippen MR) is 96.4 cm³/mol. The number of hydrogen-bond acceptors (Lipinski definition) is 6. The summed E-state index contributed by atoms with van der Waals surface area (Å²) in [5, 5.41) is 2.22. The summed E-state index contributed by atoms with van der Waals surface area (Å²) in [6.45, 7) is -0.621. The van der Waals surface area contributed by atoms with Gasteiger partial charge in [0.25, 0.3) is 0 Å². The Hall–Kier alpha value is -3.35. The van der Waals surface area contributed by atoms with Crippen LogP contribution in [0.2, 0.25) is 0 Å². The second-order valence-corrected chi connectivity index (χ2v) is 5.62. The molecule has 0 radical (unpaired) electrons. The van der Waals surface area contributed by atoms with Crippen molar-refractivity contribution in [2.45, 2.75) is 0 Å². The molecule has 0 saturated heterocycles. The van der Waals surface area contributed by atoms with Gasteiger partial charge in [0.2, 0.25) is 0 Å². The second kappa shape index (κ2) is 7.90. The van der Waals surface area contributed by atoms with Gasteiger partial charge in [0, 0.05) is 21.5 Å². The molecule has 0 unspecified atom stereocenters. The Balaban J connectivity index is 2.22. The molecule has 0 heterocycles. The number of hydrogen-bond donors (Lipinski definition) is 0. The van der Waals surface area contributed by atoms with E-state index in [0.29, 0.717) is 33.0 Å². The molecule has 0 amide bonds. The van der Waals surface area contributed by atoms with Crippen LogP contribution in [0.15, 0.2) is 42.5 Å². The van der Waals surface area contributed by atoms with Crippen molar-refractivity contribution in [1.82, 2.24) is 0 Å². The molecule has 3 aromatic rings. The molecular weight excluding hydrogens is 355 g/mol. The molecule has 3 rings (SSSR count). The summed E-state index contributed by atoms with van der Waals surface area (Å²) in [6.07, 6.45) is 0. The van der Waals surface area contributed by atoms with Crippen molar-refractivity contribution in [1.29, 1.82) is 0 Å². The fourth-order valence-corrected chi connectivity index (χ4v) is 2.76. The van der Waals surface area contributed by atoms with E-state index in [1.165, 1.54) is 32.4 Å². The van der Waals surface area contributed by atoms with E-state index < -0.39 is 17.8 Å².